The molecule has 3 N–H and O–H groups in total. The van der Waals surface area contributed by atoms with Crippen LogP contribution in [0.2, 0.25) is 0 Å². The van der Waals surface area contributed by atoms with E-state index in [1.54, 1.807) is 0 Å². The Hall–Kier alpha value is -1.36. The van der Waals surface area contributed by atoms with Gasteiger partial charge in [-0.25, -0.2) is 0 Å². The molecule has 5 nitrogen and oxygen atoms in total. The van der Waals surface area contributed by atoms with Crippen LogP contribution in [0.15, 0.2) is 10.7 Å². The van der Waals surface area contributed by atoms with Gasteiger partial charge in [-0.2, -0.15) is 4.98 Å². The number of nitrogens with two attached hydrogens (primary N) is 1. The van der Waals surface area contributed by atoms with Gasteiger partial charge in [0.05, 0.1) is 6.54 Å². The van der Waals surface area contributed by atoms with Crippen molar-refractivity contribution in [3.05, 3.63) is 12.2 Å². The molecule has 0 spiro atoms. The van der Waals surface area contributed by atoms with Gasteiger partial charge in [0.2, 0.25) is 12.3 Å². The quantitative estimate of drug-likeness (QED) is 0.566. The molecule has 0 saturated carbocycles. The highest BCUT2D eigenvalue weighted by Crippen LogP contribution is 2.04. The van der Waals surface area contributed by atoms with E-state index in [9.17, 15) is 4.79 Å². The second-order valence-electron chi connectivity index (χ2n) is 1.59. The lowest BCUT2D eigenvalue weighted by molar-refractivity contribution is -0.105. The molecule has 5 heteroatoms. The fourth-order valence-corrected chi connectivity index (χ4v) is 0.531. The average molecular weight is 141 g/mol. The van der Waals surface area contributed by atoms with Crippen LogP contribution in [0.5, 0.6) is 0 Å². The molecule has 54 valence electrons. The number of nitrogens with zero attached hydrogens (tertiary/aromatic N) is 1. The number of nitrogens with one attached hydrogen (secondary N) is 1. The largest absolute Gasteiger partial charge is 0.445 e. The molecule has 0 saturated heterocycles. The van der Waals surface area contributed by atoms with Gasteiger partial charge in [-0.05, 0) is 0 Å². The van der Waals surface area contributed by atoms with Crippen LogP contribution in [0.3, 0.4) is 0 Å². The van der Waals surface area contributed by atoms with Crippen molar-refractivity contribution in [3.63, 3.8) is 0 Å². The molecular formula is C5H7N3O2. The first kappa shape index (κ1) is 6.76. The normalized spacial score (nSPS) is 9.30. The van der Waals surface area contributed by atoms with Crippen molar-refractivity contribution < 1.29 is 9.21 Å². The van der Waals surface area contributed by atoms with E-state index in [-0.39, 0.29) is 6.54 Å². The van der Waals surface area contributed by atoms with Gasteiger partial charge in [0.15, 0.2) is 5.82 Å². The van der Waals surface area contributed by atoms with Crippen LogP contribution in [0.1, 0.15) is 5.89 Å². The topological polar surface area (TPSA) is 81.1 Å². The van der Waals surface area contributed by atoms with E-state index in [0.29, 0.717) is 18.1 Å². The van der Waals surface area contributed by atoms with Crippen molar-refractivity contribution >= 4 is 12.2 Å². The van der Waals surface area contributed by atoms with E-state index in [1.165, 1.54) is 6.26 Å². The maximum absolute atomic E-state index is 9.85. The van der Waals surface area contributed by atoms with Crippen LogP contribution in [0.4, 0.5) is 5.82 Å². The number of aromatic nitrogens is 1. The minimum atomic E-state index is 0.237. The summed E-state index contributed by atoms with van der Waals surface area (Å²) in [6.45, 7) is 0.237. The van der Waals surface area contributed by atoms with E-state index < -0.39 is 0 Å². The van der Waals surface area contributed by atoms with E-state index in [1.807, 2.05) is 0 Å². The van der Waals surface area contributed by atoms with Gasteiger partial charge in [-0.3, -0.25) is 4.79 Å². The molecule has 1 amide bonds. The zero-order chi connectivity index (χ0) is 7.40. The molecule has 0 atom stereocenters. The number of oxazole rings is 1. The number of hydrogen-bond acceptors (Lipinski definition) is 4. The predicted octanol–water partition coefficient (Wildman–Crippen LogP) is -0.298. The predicted molar refractivity (Wildman–Crippen MR) is 34.1 cm³/mol. The summed E-state index contributed by atoms with van der Waals surface area (Å²) in [5.41, 5.74) is 5.19. The number of hydrogen-bond donors (Lipinski definition) is 2. The zero-order valence-electron chi connectivity index (χ0n) is 5.20. The lowest BCUT2D eigenvalue weighted by atomic mass is 10.7. The first-order valence-electron chi connectivity index (χ1n) is 2.71. The lowest BCUT2D eigenvalue weighted by Crippen LogP contribution is -1.97. The lowest BCUT2D eigenvalue weighted by Gasteiger charge is -1.84. The molecule has 0 bridgehead atoms. The Balaban J connectivity index is 2.67. The summed E-state index contributed by atoms with van der Waals surface area (Å²) in [6.07, 6.45) is 1.86. The monoisotopic (exact) mass is 141 g/mol. The molecule has 0 radical (unpaired) electrons. The summed E-state index contributed by atoms with van der Waals surface area (Å²) in [6, 6.07) is 0. The number of anilines is 1. The Kier molecular flexibility index (Phi) is 2.01. The third-order valence-corrected chi connectivity index (χ3v) is 0.933. The first-order valence-corrected chi connectivity index (χ1v) is 2.71. The summed E-state index contributed by atoms with van der Waals surface area (Å²) >= 11 is 0. The number of carbonyl (C=O) groups excluding carboxylic acids is 1. The molecule has 0 aromatic carbocycles. The molecule has 1 aromatic heterocycles. The minimum absolute atomic E-state index is 0.237. The molecule has 10 heavy (non-hydrogen) atoms. The Labute approximate surface area is 57.2 Å². The molecule has 1 heterocycles. The SMILES string of the molecule is NCc1nc(NC=O)co1. The Morgan fingerprint density at radius 1 is 1.90 bits per heavy atom. The molecular weight excluding hydrogens is 134 g/mol. The van der Waals surface area contributed by atoms with Crippen molar-refractivity contribution in [2.45, 2.75) is 6.54 Å². The van der Waals surface area contributed by atoms with Gasteiger partial charge in [0, 0.05) is 0 Å². The zero-order valence-corrected chi connectivity index (χ0v) is 5.20. The molecule has 0 aliphatic heterocycles. The van der Waals surface area contributed by atoms with E-state index >= 15 is 0 Å². The van der Waals surface area contributed by atoms with Crippen molar-refractivity contribution in [2.24, 2.45) is 5.73 Å². The third-order valence-electron chi connectivity index (χ3n) is 0.933. The fourth-order valence-electron chi connectivity index (χ4n) is 0.531. The standard InChI is InChI=1S/C5H7N3O2/c6-1-5-8-4(2-10-5)7-3-9/h2-3H,1,6H2,(H,7,9). The van der Waals surface area contributed by atoms with Crippen molar-refractivity contribution in [1.29, 1.82) is 0 Å². The molecule has 0 aliphatic carbocycles. The van der Waals surface area contributed by atoms with Crippen LogP contribution >= 0.6 is 0 Å². The van der Waals surface area contributed by atoms with Gasteiger partial charge in [-0.1, -0.05) is 0 Å². The number of carbonyl (C=O) groups is 1. The maximum Gasteiger partial charge on any atom is 0.212 e. The molecule has 1 rings (SSSR count). The summed E-state index contributed by atoms with van der Waals surface area (Å²) in [4.78, 5) is 13.6. The van der Waals surface area contributed by atoms with Crippen LogP contribution < -0.4 is 11.1 Å². The average Bonchev–Trinajstić information content (AvgIpc) is 2.37. The van der Waals surface area contributed by atoms with Crippen LogP contribution in [-0.2, 0) is 11.3 Å². The number of rotatable bonds is 3. The second kappa shape index (κ2) is 2.98. The van der Waals surface area contributed by atoms with E-state index in [4.69, 9.17) is 10.2 Å². The highest BCUT2D eigenvalue weighted by molar-refractivity contribution is 5.67. The van der Waals surface area contributed by atoms with Crippen molar-refractivity contribution in [1.82, 2.24) is 4.98 Å². The van der Waals surface area contributed by atoms with Crippen LogP contribution in [-0.4, -0.2) is 11.4 Å². The number of amides is 1. The van der Waals surface area contributed by atoms with E-state index in [0.717, 1.165) is 0 Å². The highest BCUT2D eigenvalue weighted by Gasteiger charge is 1.98. The van der Waals surface area contributed by atoms with E-state index in [2.05, 4.69) is 10.3 Å². The summed E-state index contributed by atoms with van der Waals surface area (Å²) in [5.74, 6) is 0.791. The highest BCUT2D eigenvalue weighted by atomic mass is 16.3. The molecule has 1 aromatic rings. The fraction of sp³-hybridized carbons (Fsp3) is 0.200. The Bertz CT molecular complexity index is 220. The molecule has 0 unspecified atom stereocenters. The maximum atomic E-state index is 9.85. The smallest absolute Gasteiger partial charge is 0.212 e. The van der Waals surface area contributed by atoms with Gasteiger partial charge in [0.1, 0.15) is 6.26 Å². The summed E-state index contributed by atoms with van der Waals surface area (Å²) in [5, 5.41) is 2.32. The second-order valence-corrected chi connectivity index (χ2v) is 1.59. The Morgan fingerprint density at radius 2 is 2.70 bits per heavy atom. The first-order chi connectivity index (χ1) is 4.86. The van der Waals surface area contributed by atoms with Crippen LogP contribution in [0, 0.1) is 0 Å². The third kappa shape index (κ3) is 1.32. The van der Waals surface area contributed by atoms with Crippen LogP contribution in [0.25, 0.3) is 0 Å². The van der Waals surface area contributed by atoms with Gasteiger partial charge in [-0.15, -0.1) is 0 Å². The van der Waals surface area contributed by atoms with Gasteiger partial charge >= 0.3 is 0 Å². The minimum Gasteiger partial charge on any atom is -0.445 e. The van der Waals surface area contributed by atoms with Crippen molar-refractivity contribution in [2.75, 3.05) is 5.32 Å². The van der Waals surface area contributed by atoms with Gasteiger partial charge in [0.25, 0.3) is 0 Å². The Morgan fingerprint density at radius 3 is 3.20 bits per heavy atom. The van der Waals surface area contributed by atoms with Crippen molar-refractivity contribution in [3.8, 4) is 0 Å². The summed E-state index contributed by atoms with van der Waals surface area (Å²) in [7, 11) is 0. The summed E-state index contributed by atoms with van der Waals surface area (Å²) < 4.78 is 4.81. The molecule has 0 fully saturated rings. The molecule has 0 aliphatic rings. The van der Waals surface area contributed by atoms with Gasteiger partial charge < -0.3 is 15.5 Å².